The number of hydrogen-bond acceptors (Lipinski definition) is 5. The quantitative estimate of drug-likeness (QED) is 0.750. The fraction of sp³-hybridized carbons (Fsp3) is 0.133. The van der Waals surface area contributed by atoms with Crippen LogP contribution in [0, 0.1) is 0 Å². The normalized spacial score (nSPS) is 10.8. The predicted molar refractivity (Wildman–Crippen MR) is 82.3 cm³/mol. The molecule has 0 aliphatic carbocycles. The number of hydrogen-bond donors (Lipinski definition) is 1. The molecule has 0 aliphatic rings. The molecule has 3 rings (SSSR count). The lowest BCUT2D eigenvalue weighted by atomic mass is 10.2. The molecule has 1 aromatic carbocycles. The van der Waals surface area contributed by atoms with Gasteiger partial charge in [-0.25, -0.2) is 4.68 Å². The van der Waals surface area contributed by atoms with Crippen LogP contribution in [-0.4, -0.2) is 31.3 Å². The fourth-order valence-corrected chi connectivity index (χ4v) is 2.55. The number of nitrogens with zero attached hydrogens (tertiary/aromatic N) is 4. The first-order valence-corrected chi connectivity index (χ1v) is 7.67. The number of aromatic nitrogens is 4. The fourth-order valence-electron chi connectivity index (χ4n) is 2.10. The van der Waals surface area contributed by atoms with E-state index in [-0.39, 0.29) is 6.61 Å². The maximum Gasteiger partial charge on any atom is 0.118 e. The van der Waals surface area contributed by atoms with Gasteiger partial charge in [-0.3, -0.25) is 4.98 Å². The van der Waals surface area contributed by atoms with Gasteiger partial charge in [-0.2, -0.15) is 0 Å². The minimum absolute atomic E-state index is 0.172. The summed E-state index contributed by atoms with van der Waals surface area (Å²) in [6, 6.07) is 13.6. The van der Waals surface area contributed by atoms with Crippen LogP contribution in [0.4, 0.5) is 0 Å². The topological polar surface area (TPSA) is 63.8 Å². The van der Waals surface area contributed by atoms with Crippen LogP contribution in [0.15, 0.2) is 53.6 Å². The van der Waals surface area contributed by atoms with Gasteiger partial charge < -0.3 is 5.11 Å². The highest BCUT2D eigenvalue weighted by molar-refractivity contribution is 7.98. The summed E-state index contributed by atoms with van der Waals surface area (Å²) in [4.78, 5) is 5.48. The van der Waals surface area contributed by atoms with Gasteiger partial charge in [-0.15, -0.1) is 16.9 Å². The van der Waals surface area contributed by atoms with Gasteiger partial charge >= 0.3 is 0 Å². The Hall–Kier alpha value is -2.18. The average molecular weight is 298 g/mol. The molecule has 106 valence electrons. The van der Waals surface area contributed by atoms with Gasteiger partial charge in [-0.05, 0) is 36.6 Å². The molecule has 2 heterocycles. The van der Waals surface area contributed by atoms with Crippen molar-refractivity contribution in [3.05, 3.63) is 54.4 Å². The number of pyridine rings is 1. The summed E-state index contributed by atoms with van der Waals surface area (Å²) < 4.78 is 1.72. The minimum Gasteiger partial charge on any atom is -0.390 e. The van der Waals surface area contributed by atoms with Crippen molar-refractivity contribution in [2.75, 3.05) is 6.26 Å². The number of rotatable bonds is 4. The molecule has 0 aliphatic heterocycles. The molecule has 0 bridgehead atoms. The Balaban J connectivity index is 2.17. The van der Waals surface area contributed by atoms with E-state index in [0.717, 1.165) is 22.0 Å². The molecule has 6 heteroatoms. The Morgan fingerprint density at radius 2 is 2.10 bits per heavy atom. The van der Waals surface area contributed by atoms with E-state index in [1.54, 1.807) is 22.6 Å². The summed E-state index contributed by atoms with van der Waals surface area (Å²) in [5.74, 6) is 0. The lowest BCUT2D eigenvalue weighted by molar-refractivity contribution is 0.277. The Morgan fingerprint density at radius 1 is 1.19 bits per heavy atom. The average Bonchev–Trinajstić information content (AvgIpc) is 2.99. The van der Waals surface area contributed by atoms with E-state index in [0.29, 0.717) is 5.69 Å². The molecule has 0 saturated carbocycles. The highest BCUT2D eigenvalue weighted by Gasteiger charge is 2.16. The zero-order valence-corrected chi connectivity index (χ0v) is 12.3. The number of aliphatic hydroxyl groups excluding tert-OH is 1. The maximum atomic E-state index is 9.49. The van der Waals surface area contributed by atoms with E-state index in [1.807, 2.05) is 48.7 Å². The van der Waals surface area contributed by atoms with Gasteiger partial charge in [0.25, 0.3) is 0 Å². The Bertz CT molecular complexity index is 742. The molecule has 0 amide bonds. The Morgan fingerprint density at radius 3 is 2.81 bits per heavy atom. The van der Waals surface area contributed by atoms with Crippen LogP contribution in [-0.2, 0) is 6.61 Å². The monoisotopic (exact) mass is 298 g/mol. The molecular weight excluding hydrogens is 284 g/mol. The van der Waals surface area contributed by atoms with Gasteiger partial charge in [0.15, 0.2) is 0 Å². The highest BCUT2D eigenvalue weighted by Crippen LogP contribution is 2.25. The summed E-state index contributed by atoms with van der Waals surface area (Å²) in [6.45, 7) is -0.172. The summed E-state index contributed by atoms with van der Waals surface area (Å²) in [7, 11) is 0. The van der Waals surface area contributed by atoms with Crippen LogP contribution in [0.3, 0.4) is 0 Å². The smallest absolute Gasteiger partial charge is 0.118 e. The third kappa shape index (κ3) is 2.68. The van der Waals surface area contributed by atoms with E-state index in [1.165, 1.54) is 0 Å². The Kier molecular flexibility index (Phi) is 3.98. The first kappa shape index (κ1) is 13.8. The van der Waals surface area contributed by atoms with Crippen LogP contribution < -0.4 is 0 Å². The van der Waals surface area contributed by atoms with Crippen molar-refractivity contribution in [1.29, 1.82) is 0 Å². The second-order valence-corrected chi connectivity index (χ2v) is 5.25. The molecule has 0 spiro atoms. The van der Waals surface area contributed by atoms with Crippen LogP contribution in [0.25, 0.3) is 17.1 Å². The zero-order valence-electron chi connectivity index (χ0n) is 11.5. The van der Waals surface area contributed by atoms with Crippen molar-refractivity contribution >= 4 is 11.8 Å². The van der Waals surface area contributed by atoms with E-state index >= 15 is 0 Å². The number of aliphatic hydroxyl groups is 1. The first-order valence-electron chi connectivity index (χ1n) is 6.44. The molecule has 2 aromatic heterocycles. The summed E-state index contributed by atoms with van der Waals surface area (Å²) >= 11 is 1.67. The molecule has 0 unspecified atom stereocenters. The minimum atomic E-state index is -0.172. The SMILES string of the molecule is CSc1cccc(-n2nnc(CO)c2-c2ccccn2)c1. The van der Waals surface area contributed by atoms with Crippen LogP contribution >= 0.6 is 11.8 Å². The number of benzene rings is 1. The van der Waals surface area contributed by atoms with Gasteiger partial charge in [0.2, 0.25) is 0 Å². The van der Waals surface area contributed by atoms with Crippen molar-refractivity contribution in [2.24, 2.45) is 0 Å². The van der Waals surface area contributed by atoms with Crippen LogP contribution in [0.5, 0.6) is 0 Å². The molecule has 21 heavy (non-hydrogen) atoms. The van der Waals surface area contributed by atoms with Crippen molar-refractivity contribution in [3.63, 3.8) is 0 Å². The second kappa shape index (κ2) is 6.07. The first-order chi connectivity index (χ1) is 10.3. The standard InChI is InChI=1S/C15H14N4OS/c1-21-12-6-4-5-11(9-12)19-15(14(10-20)17-18-19)13-7-2-3-8-16-13/h2-9,20H,10H2,1H3. The van der Waals surface area contributed by atoms with Crippen molar-refractivity contribution in [3.8, 4) is 17.1 Å². The molecule has 0 saturated heterocycles. The number of thioether (sulfide) groups is 1. The lowest BCUT2D eigenvalue weighted by Crippen LogP contribution is -2.01. The lowest BCUT2D eigenvalue weighted by Gasteiger charge is -2.08. The van der Waals surface area contributed by atoms with Gasteiger partial charge in [0.1, 0.15) is 11.4 Å². The van der Waals surface area contributed by atoms with E-state index in [9.17, 15) is 5.11 Å². The van der Waals surface area contributed by atoms with E-state index in [4.69, 9.17) is 0 Å². The van der Waals surface area contributed by atoms with Crippen LogP contribution in [0.1, 0.15) is 5.69 Å². The Labute approximate surface area is 126 Å². The second-order valence-electron chi connectivity index (χ2n) is 4.37. The van der Waals surface area contributed by atoms with Crippen molar-refractivity contribution < 1.29 is 5.11 Å². The third-order valence-corrected chi connectivity index (χ3v) is 3.82. The van der Waals surface area contributed by atoms with Gasteiger partial charge in [-0.1, -0.05) is 17.3 Å². The van der Waals surface area contributed by atoms with Crippen molar-refractivity contribution in [2.45, 2.75) is 11.5 Å². The van der Waals surface area contributed by atoms with Gasteiger partial charge in [0.05, 0.1) is 18.0 Å². The molecule has 0 fully saturated rings. The summed E-state index contributed by atoms with van der Waals surface area (Å²) in [5.41, 5.74) is 2.87. The van der Waals surface area contributed by atoms with E-state index < -0.39 is 0 Å². The molecule has 3 aromatic rings. The molecule has 5 nitrogen and oxygen atoms in total. The maximum absolute atomic E-state index is 9.49. The molecule has 1 N–H and O–H groups in total. The third-order valence-electron chi connectivity index (χ3n) is 3.10. The van der Waals surface area contributed by atoms with Crippen molar-refractivity contribution in [1.82, 2.24) is 20.0 Å². The molecular formula is C15H14N4OS. The molecule has 0 atom stereocenters. The summed E-state index contributed by atoms with van der Waals surface area (Å²) in [5, 5.41) is 17.7. The highest BCUT2D eigenvalue weighted by atomic mass is 32.2. The van der Waals surface area contributed by atoms with E-state index in [2.05, 4.69) is 15.3 Å². The molecule has 0 radical (unpaired) electrons. The largest absolute Gasteiger partial charge is 0.390 e. The van der Waals surface area contributed by atoms with Crippen LogP contribution in [0.2, 0.25) is 0 Å². The summed E-state index contributed by atoms with van der Waals surface area (Å²) in [6.07, 6.45) is 3.74. The zero-order chi connectivity index (χ0) is 14.7. The predicted octanol–water partition coefficient (Wildman–Crippen LogP) is 2.54. The van der Waals surface area contributed by atoms with Gasteiger partial charge in [0, 0.05) is 11.1 Å².